The summed E-state index contributed by atoms with van der Waals surface area (Å²) in [5, 5.41) is 9.34. The maximum Gasteiger partial charge on any atom is 0.325 e. The zero-order valence-corrected chi connectivity index (χ0v) is 11.1. The molecule has 0 spiro atoms. The van der Waals surface area contributed by atoms with Gasteiger partial charge in [0.25, 0.3) is 0 Å². The summed E-state index contributed by atoms with van der Waals surface area (Å²) in [7, 11) is 1.73. The molecule has 1 saturated carbocycles. The normalized spacial score (nSPS) is 25.9. The summed E-state index contributed by atoms with van der Waals surface area (Å²) in [4.78, 5) is 13.6. The van der Waals surface area contributed by atoms with E-state index in [9.17, 15) is 9.90 Å². The van der Waals surface area contributed by atoms with Gasteiger partial charge in [-0.3, -0.25) is 4.79 Å². The van der Waals surface area contributed by atoms with Crippen LogP contribution in [0.25, 0.3) is 0 Å². The van der Waals surface area contributed by atoms with Crippen LogP contribution in [-0.4, -0.2) is 54.9 Å². The monoisotopic (exact) mass is 256 g/mol. The Morgan fingerprint density at radius 2 is 2.00 bits per heavy atom. The number of nitrogens with zero attached hydrogens (tertiary/aromatic N) is 1. The Labute approximate surface area is 108 Å². The van der Waals surface area contributed by atoms with Crippen LogP contribution in [0.1, 0.15) is 25.7 Å². The molecule has 3 N–H and O–H groups in total. The van der Waals surface area contributed by atoms with E-state index in [-0.39, 0.29) is 5.92 Å². The summed E-state index contributed by atoms with van der Waals surface area (Å²) in [6.07, 6.45) is 4.08. The fourth-order valence-corrected chi connectivity index (χ4v) is 2.89. The molecule has 0 amide bonds. The van der Waals surface area contributed by atoms with E-state index in [1.165, 1.54) is 0 Å². The van der Waals surface area contributed by atoms with Crippen LogP contribution < -0.4 is 5.73 Å². The van der Waals surface area contributed by atoms with Gasteiger partial charge in [-0.15, -0.1) is 0 Å². The first-order chi connectivity index (χ1) is 8.56. The molecule has 1 unspecified atom stereocenters. The molecule has 1 aliphatic carbocycles. The van der Waals surface area contributed by atoms with E-state index in [1.54, 1.807) is 7.11 Å². The average molecular weight is 256 g/mol. The van der Waals surface area contributed by atoms with E-state index in [2.05, 4.69) is 4.90 Å². The number of rotatable bonds is 6. The molecule has 2 fully saturated rings. The first-order valence-corrected chi connectivity index (χ1v) is 6.80. The molecule has 0 aromatic rings. The molecule has 0 aromatic heterocycles. The number of ether oxygens (including phenoxy) is 1. The number of carbonyl (C=O) groups is 1. The second-order valence-corrected chi connectivity index (χ2v) is 5.79. The lowest BCUT2D eigenvalue weighted by atomic mass is 9.91. The molecular formula is C13H24N2O3. The Hall–Kier alpha value is -0.650. The third-order valence-electron chi connectivity index (χ3n) is 4.30. The third kappa shape index (κ3) is 3.02. The van der Waals surface area contributed by atoms with Gasteiger partial charge in [-0.1, -0.05) is 0 Å². The first kappa shape index (κ1) is 13.8. The molecule has 1 aliphatic heterocycles. The molecule has 1 heterocycles. The van der Waals surface area contributed by atoms with Gasteiger partial charge in [0.1, 0.15) is 5.54 Å². The molecule has 5 heteroatoms. The van der Waals surface area contributed by atoms with Crippen LogP contribution in [0, 0.1) is 11.8 Å². The summed E-state index contributed by atoms with van der Waals surface area (Å²) in [6, 6.07) is 0. The SMILES string of the molecule is COCC1CCN(CC(N)(C(=O)O)C2CC2)CC1. The van der Waals surface area contributed by atoms with E-state index in [0.29, 0.717) is 12.5 Å². The number of likely N-dealkylation sites (tertiary alicyclic amines) is 1. The fraction of sp³-hybridized carbons (Fsp3) is 0.923. The standard InChI is InChI=1S/C13H24N2O3/c1-18-8-10-4-6-15(7-5-10)9-13(14,12(16)17)11-2-3-11/h10-11H,2-9,14H2,1H3,(H,16,17). The van der Waals surface area contributed by atoms with Crippen molar-refractivity contribution in [2.75, 3.05) is 33.4 Å². The highest BCUT2D eigenvalue weighted by Gasteiger charge is 2.49. The lowest BCUT2D eigenvalue weighted by molar-refractivity contribution is -0.145. The Kier molecular flexibility index (Phi) is 4.25. The molecule has 0 bridgehead atoms. The molecule has 1 atom stereocenters. The Morgan fingerprint density at radius 1 is 1.39 bits per heavy atom. The molecule has 1 saturated heterocycles. The number of hydrogen-bond acceptors (Lipinski definition) is 4. The summed E-state index contributed by atoms with van der Waals surface area (Å²) in [5.41, 5.74) is 5.07. The number of carboxylic acids is 1. The van der Waals surface area contributed by atoms with Crippen molar-refractivity contribution in [2.24, 2.45) is 17.6 Å². The summed E-state index contributed by atoms with van der Waals surface area (Å²) in [5.74, 6) is -0.0557. The number of methoxy groups -OCH3 is 1. The van der Waals surface area contributed by atoms with E-state index in [1.807, 2.05) is 0 Å². The Morgan fingerprint density at radius 3 is 2.44 bits per heavy atom. The average Bonchev–Trinajstić information content (AvgIpc) is 3.16. The molecular weight excluding hydrogens is 232 g/mol. The van der Waals surface area contributed by atoms with Crippen LogP contribution in [0.4, 0.5) is 0 Å². The van der Waals surface area contributed by atoms with Crippen molar-refractivity contribution in [2.45, 2.75) is 31.2 Å². The quantitative estimate of drug-likeness (QED) is 0.725. The predicted octanol–water partition coefficient (Wildman–Crippen LogP) is 0.537. The molecule has 5 nitrogen and oxygen atoms in total. The lowest BCUT2D eigenvalue weighted by Gasteiger charge is -2.36. The third-order valence-corrected chi connectivity index (χ3v) is 4.30. The Bertz CT molecular complexity index is 299. The number of nitrogens with two attached hydrogens (primary N) is 1. The van der Waals surface area contributed by atoms with Crippen molar-refractivity contribution >= 4 is 5.97 Å². The fourth-order valence-electron chi connectivity index (χ4n) is 2.89. The maximum atomic E-state index is 11.4. The summed E-state index contributed by atoms with van der Waals surface area (Å²) in [6.45, 7) is 3.18. The highest BCUT2D eigenvalue weighted by molar-refractivity contribution is 5.79. The van der Waals surface area contributed by atoms with Gasteiger partial charge in [0, 0.05) is 20.3 Å². The number of carboxylic acid groups (broad SMARTS) is 1. The topological polar surface area (TPSA) is 75.8 Å². The molecule has 2 rings (SSSR count). The van der Waals surface area contributed by atoms with Crippen molar-refractivity contribution < 1.29 is 14.6 Å². The van der Waals surface area contributed by atoms with Crippen molar-refractivity contribution in [3.8, 4) is 0 Å². The van der Waals surface area contributed by atoms with E-state index in [0.717, 1.165) is 45.4 Å². The van der Waals surface area contributed by atoms with Crippen molar-refractivity contribution in [3.63, 3.8) is 0 Å². The van der Waals surface area contributed by atoms with Crippen LogP contribution in [-0.2, 0) is 9.53 Å². The molecule has 18 heavy (non-hydrogen) atoms. The number of piperidine rings is 1. The van der Waals surface area contributed by atoms with E-state index in [4.69, 9.17) is 10.5 Å². The minimum Gasteiger partial charge on any atom is -0.480 e. The zero-order valence-electron chi connectivity index (χ0n) is 11.1. The maximum absolute atomic E-state index is 11.4. The van der Waals surface area contributed by atoms with Gasteiger partial charge in [0.05, 0.1) is 0 Å². The highest BCUT2D eigenvalue weighted by Crippen LogP contribution is 2.39. The lowest BCUT2D eigenvalue weighted by Crippen LogP contribution is -2.58. The van der Waals surface area contributed by atoms with Crippen LogP contribution >= 0.6 is 0 Å². The van der Waals surface area contributed by atoms with Gasteiger partial charge in [-0.2, -0.15) is 0 Å². The number of hydrogen-bond donors (Lipinski definition) is 2. The Balaban J connectivity index is 1.84. The van der Waals surface area contributed by atoms with Crippen molar-refractivity contribution in [3.05, 3.63) is 0 Å². The second-order valence-electron chi connectivity index (χ2n) is 5.79. The van der Waals surface area contributed by atoms with Gasteiger partial charge in [0.2, 0.25) is 0 Å². The van der Waals surface area contributed by atoms with E-state index < -0.39 is 11.5 Å². The smallest absolute Gasteiger partial charge is 0.325 e. The van der Waals surface area contributed by atoms with Crippen LogP contribution in [0.5, 0.6) is 0 Å². The van der Waals surface area contributed by atoms with Crippen molar-refractivity contribution in [1.82, 2.24) is 4.90 Å². The largest absolute Gasteiger partial charge is 0.480 e. The van der Waals surface area contributed by atoms with Crippen molar-refractivity contribution in [1.29, 1.82) is 0 Å². The van der Waals surface area contributed by atoms with Gasteiger partial charge in [-0.05, 0) is 50.6 Å². The minimum absolute atomic E-state index is 0.173. The molecule has 0 aromatic carbocycles. The number of aliphatic carboxylic acids is 1. The van der Waals surface area contributed by atoms with Crippen LogP contribution in [0.3, 0.4) is 0 Å². The van der Waals surface area contributed by atoms with Gasteiger partial charge in [-0.25, -0.2) is 0 Å². The molecule has 2 aliphatic rings. The highest BCUT2D eigenvalue weighted by atomic mass is 16.5. The van der Waals surface area contributed by atoms with Crippen LogP contribution in [0.2, 0.25) is 0 Å². The zero-order chi connectivity index (χ0) is 13.2. The minimum atomic E-state index is -1.03. The first-order valence-electron chi connectivity index (χ1n) is 6.80. The molecule has 104 valence electrons. The van der Waals surface area contributed by atoms with Gasteiger partial charge < -0.3 is 20.5 Å². The predicted molar refractivity (Wildman–Crippen MR) is 68.3 cm³/mol. The van der Waals surface area contributed by atoms with E-state index >= 15 is 0 Å². The van der Waals surface area contributed by atoms with Gasteiger partial charge in [0.15, 0.2) is 0 Å². The van der Waals surface area contributed by atoms with Crippen LogP contribution in [0.15, 0.2) is 0 Å². The summed E-state index contributed by atoms with van der Waals surface area (Å²) < 4.78 is 5.17. The van der Waals surface area contributed by atoms with Gasteiger partial charge >= 0.3 is 5.97 Å². The molecule has 0 radical (unpaired) electrons. The summed E-state index contributed by atoms with van der Waals surface area (Å²) >= 11 is 0. The second kappa shape index (κ2) is 5.55.